The zero-order valence-corrected chi connectivity index (χ0v) is 16.8. The Morgan fingerprint density at radius 3 is 2.66 bits per heavy atom. The Morgan fingerprint density at radius 1 is 1.17 bits per heavy atom. The number of carbonyl (C=O) groups excluding carboxylic acids is 2. The second-order valence-corrected chi connectivity index (χ2v) is 7.23. The number of benzene rings is 2. The normalized spacial score (nSPS) is 10.4. The van der Waals surface area contributed by atoms with Crippen molar-refractivity contribution in [2.75, 3.05) is 12.4 Å². The van der Waals surface area contributed by atoms with Crippen molar-refractivity contribution < 1.29 is 24.2 Å². The first-order valence-electron chi connectivity index (χ1n) is 8.78. The lowest BCUT2D eigenvalue weighted by atomic mass is 10.2. The summed E-state index contributed by atoms with van der Waals surface area (Å²) in [6, 6.07) is 11.8. The molecular weight excluding hydrogens is 392 g/mol. The van der Waals surface area contributed by atoms with E-state index in [1.807, 2.05) is 31.2 Å². The van der Waals surface area contributed by atoms with E-state index in [1.165, 1.54) is 30.6 Å². The second kappa shape index (κ2) is 9.20. The number of phenols is 1. The van der Waals surface area contributed by atoms with Crippen LogP contribution in [0, 0.1) is 6.92 Å². The fraction of sp³-hybridized carbons (Fsp3) is 0.190. The standard InChI is InChI=1S/C21H20N2O5S/c1-13-3-5-14(6-4-13)22-19(25)10-20-23-15(12-29-20)11-28-21(26)17-9-16(27-2)7-8-18(17)24/h3-9,12,24H,10-11H2,1-2H3,(H,22,25). The molecule has 0 atom stereocenters. The van der Waals surface area contributed by atoms with Gasteiger partial charge in [-0.25, -0.2) is 9.78 Å². The molecule has 1 amide bonds. The number of hydrogen-bond acceptors (Lipinski definition) is 7. The summed E-state index contributed by atoms with van der Waals surface area (Å²) in [5, 5.41) is 15.0. The molecule has 2 aromatic carbocycles. The molecule has 0 aliphatic rings. The van der Waals surface area contributed by atoms with Crippen LogP contribution in [0.3, 0.4) is 0 Å². The van der Waals surface area contributed by atoms with Crippen LogP contribution in [-0.4, -0.2) is 29.1 Å². The van der Waals surface area contributed by atoms with Crippen molar-refractivity contribution in [1.29, 1.82) is 0 Å². The molecule has 8 heteroatoms. The third-order valence-electron chi connectivity index (χ3n) is 4.02. The van der Waals surface area contributed by atoms with Crippen LogP contribution in [0.15, 0.2) is 47.8 Å². The molecule has 3 aromatic rings. The van der Waals surface area contributed by atoms with Gasteiger partial charge in [0.2, 0.25) is 5.91 Å². The first-order valence-corrected chi connectivity index (χ1v) is 9.66. The number of ether oxygens (including phenoxy) is 2. The van der Waals surface area contributed by atoms with E-state index in [-0.39, 0.29) is 30.2 Å². The van der Waals surface area contributed by atoms with Crippen molar-refractivity contribution in [3.63, 3.8) is 0 Å². The van der Waals surface area contributed by atoms with E-state index < -0.39 is 5.97 Å². The van der Waals surface area contributed by atoms with Crippen molar-refractivity contribution >= 4 is 28.9 Å². The molecule has 7 nitrogen and oxygen atoms in total. The summed E-state index contributed by atoms with van der Waals surface area (Å²) < 4.78 is 10.3. The van der Waals surface area contributed by atoms with Gasteiger partial charge in [-0.15, -0.1) is 11.3 Å². The maximum absolute atomic E-state index is 12.2. The minimum Gasteiger partial charge on any atom is -0.507 e. The number of hydrogen-bond donors (Lipinski definition) is 2. The largest absolute Gasteiger partial charge is 0.507 e. The zero-order valence-electron chi connectivity index (χ0n) is 16.0. The maximum Gasteiger partial charge on any atom is 0.342 e. The van der Waals surface area contributed by atoms with E-state index in [0.717, 1.165) is 11.3 Å². The number of carbonyl (C=O) groups is 2. The van der Waals surface area contributed by atoms with Gasteiger partial charge in [-0.1, -0.05) is 17.7 Å². The summed E-state index contributed by atoms with van der Waals surface area (Å²) in [7, 11) is 1.47. The summed E-state index contributed by atoms with van der Waals surface area (Å²) in [5.41, 5.74) is 2.38. The van der Waals surface area contributed by atoms with Gasteiger partial charge >= 0.3 is 5.97 Å². The zero-order chi connectivity index (χ0) is 20.8. The van der Waals surface area contributed by atoms with E-state index in [4.69, 9.17) is 9.47 Å². The summed E-state index contributed by atoms with van der Waals surface area (Å²) in [5.74, 6) is -0.617. The van der Waals surface area contributed by atoms with Gasteiger partial charge in [-0.3, -0.25) is 4.79 Å². The minimum absolute atomic E-state index is 0.0114. The van der Waals surface area contributed by atoms with Gasteiger partial charge in [0.25, 0.3) is 0 Å². The fourth-order valence-electron chi connectivity index (χ4n) is 2.50. The second-order valence-electron chi connectivity index (χ2n) is 6.28. The summed E-state index contributed by atoms with van der Waals surface area (Å²) >= 11 is 1.31. The number of nitrogens with one attached hydrogen (secondary N) is 1. The van der Waals surface area contributed by atoms with Crippen molar-refractivity contribution in [3.05, 3.63) is 69.7 Å². The van der Waals surface area contributed by atoms with E-state index in [0.29, 0.717) is 16.5 Å². The molecule has 1 heterocycles. The lowest BCUT2D eigenvalue weighted by Crippen LogP contribution is -2.14. The summed E-state index contributed by atoms with van der Waals surface area (Å²) in [4.78, 5) is 28.7. The molecule has 3 rings (SSSR count). The van der Waals surface area contributed by atoms with Crippen LogP contribution in [0.1, 0.15) is 26.6 Å². The molecule has 29 heavy (non-hydrogen) atoms. The minimum atomic E-state index is -0.687. The molecule has 0 fully saturated rings. The molecule has 0 radical (unpaired) electrons. The summed E-state index contributed by atoms with van der Waals surface area (Å²) in [6.07, 6.45) is 0.128. The van der Waals surface area contributed by atoms with Crippen molar-refractivity contribution in [2.45, 2.75) is 20.0 Å². The number of amides is 1. The highest BCUT2D eigenvalue weighted by Gasteiger charge is 2.15. The van der Waals surface area contributed by atoms with E-state index >= 15 is 0 Å². The van der Waals surface area contributed by atoms with Crippen LogP contribution < -0.4 is 10.1 Å². The number of aryl methyl sites for hydroxylation is 1. The topological polar surface area (TPSA) is 97.8 Å². The lowest BCUT2D eigenvalue weighted by Gasteiger charge is -2.07. The Bertz CT molecular complexity index is 1010. The molecule has 150 valence electrons. The Morgan fingerprint density at radius 2 is 1.93 bits per heavy atom. The van der Waals surface area contributed by atoms with Crippen LogP contribution in [0.5, 0.6) is 11.5 Å². The van der Waals surface area contributed by atoms with Crippen LogP contribution in [0.25, 0.3) is 0 Å². The van der Waals surface area contributed by atoms with E-state index in [2.05, 4.69) is 10.3 Å². The van der Waals surface area contributed by atoms with Gasteiger partial charge in [-0.2, -0.15) is 0 Å². The Labute approximate surface area is 171 Å². The van der Waals surface area contributed by atoms with Gasteiger partial charge < -0.3 is 19.9 Å². The van der Waals surface area contributed by atoms with Crippen LogP contribution in [0.2, 0.25) is 0 Å². The first-order chi connectivity index (χ1) is 13.9. The number of aromatic hydroxyl groups is 1. The fourth-order valence-corrected chi connectivity index (χ4v) is 3.28. The van der Waals surface area contributed by atoms with E-state index in [9.17, 15) is 14.7 Å². The molecular formula is C21H20N2O5S. The van der Waals surface area contributed by atoms with Crippen LogP contribution in [-0.2, 0) is 22.6 Å². The highest BCUT2D eigenvalue weighted by atomic mass is 32.1. The Hall–Kier alpha value is -3.39. The summed E-state index contributed by atoms with van der Waals surface area (Å²) in [6.45, 7) is 1.91. The quantitative estimate of drug-likeness (QED) is 0.574. The Balaban J connectivity index is 1.54. The first kappa shape index (κ1) is 20.3. The molecule has 0 bridgehead atoms. The van der Waals surface area contributed by atoms with E-state index in [1.54, 1.807) is 11.4 Å². The van der Waals surface area contributed by atoms with Crippen LogP contribution in [0.4, 0.5) is 5.69 Å². The molecule has 0 saturated carbocycles. The van der Waals surface area contributed by atoms with Crippen molar-refractivity contribution in [1.82, 2.24) is 4.98 Å². The number of phenolic OH excluding ortho intramolecular Hbond substituents is 1. The number of methoxy groups -OCH3 is 1. The van der Waals surface area contributed by atoms with Crippen LogP contribution >= 0.6 is 11.3 Å². The predicted molar refractivity (Wildman–Crippen MR) is 109 cm³/mol. The smallest absolute Gasteiger partial charge is 0.342 e. The van der Waals surface area contributed by atoms with Crippen molar-refractivity contribution in [3.8, 4) is 11.5 Å². The third kappa shape index (κ3) is 5.55. The SMILES string of the molecule is COc1ccc(O)c(C(=O)OCc2csc(CC(=O)Nc3ccc(C)cc3)n2)c1. The highest BCUT2D eigenvalue weighted by Crippen LogP contribution is 2.24. The van der Waals surface area contributed by atoms with Gasteiger partial charge in [0.1, 0.15) is 28.7 Å². The number of rotatable bonds is 7. The van der Waals surface area contributed by atoms with Gasteiger partial charge in [0.05, 0.1) is 19.2 Å². The number of esters is 1. The predicted octanol–water partition coefficient (Wildman–Crippen LogP) is 3.70. The monoisotopic (exact) mass is 412 g/mol. The lowest BCUT2D eigenvalue weighted by molar-refractivity contribution is -0.115. The number of thiazole rings is 1. The molecule has 0 unspecified atom stereocenters. The number of nitrogens with zero attached hydrogens (tertiary/aromatic N) is 1. The number of anilines is 1. The highest BCUT2D eigenvalue weighted by molar-refractivity contribution is 7.09. The molecule has 1 aromatic heterocycles. The molecule has 0 aliphatic heterocycles. The third-order valence-corrected chi connectivity index (χ3v) is 4.92. The Kier molecular flexibility index (Phi) is 6.46. The number of aromatic nitrogens is 1. The van der Waals surface area contributed by atoms with Gasteiger partial charge in [0.15, 0.2) is 0 Å². The molecule has 0 spiro atoms. The molecule has 0 aliphatic carbocycles. The average molecular weight is 412 g/mol. The van der Waals surface area contributed by atoms with Gasteiger partial charge in [-0.05, 0) is 37.3 Å². The van der Waals surface area contributed by atoms with Crippen molar-refractivity contribution in [2.24, 2.45) is 0 Å². The molecule has 2 N–H and O–H groups in total. The van der Waals surface area contributed by atoms with Gasteiger partial charge in [0, 0.05) is 11.1 Å². The molecule has 0 saturated heterocycles. The average Bonchev–Trinajstić information content (AvgIpc) is 3.15. The maximum atomic E-state index is 12.2.